The molecule has 0 aromatic heterocycles. The summed E-state index contributed by atoms with van der Waals surface area (Å²) in [6, 6.07) is 13.9. The number of aliphatic carboxylic acids is 4. The number of benzene rings is 3. The molecule has 32 heavy (non-hydrogen) atoms. The Morgan fingerprint density at radius 1 is 0.562 bits per heavy atom. The Bertz CT molecular complexity index is 1170. The van der Waals surface area contributed by atoms with Crippen LogP contribution in [0, 0.1) is 0 Å². The van der Waals surface area contributed by atoms with E-state index in [9.17, 15) is 29.4 Å². The van der Waals surface area contributed by atoms with Gasteiger partial charge in [-0.2, -0.15) is 0 Å². The summed E-state index contributed by atoms with van der Waals surface area (Å²) < 4.78 is 0. The Morgan fingerprint density at radius 3 is 1.06 bits per heavy atom. The van der Waals surface area contributed by atoms with Gasteiger partial charge in [-0.25, -0.2) is 19.2 Å². The van der Waals surface area contributed by atoms with Gasteiger partial charge in [0, 0.05) is 36.1 Å². The molecule has 0 aliphatic rings. The lowest BCUT2D eigenvalue weighted by Crippen LogP contribution is -2.10. The number of hydrogen-bond donors (Lipinski definition) is 4. The number of rotatable bonds is 8. The van der Waals surface area contributed by atoms with Crippen LogP contribution in [-0.4, -0.2) is 44.3 Å². The first-order valence-corrected chi connectivity index (χ1v) is 9.43. The number of carboxylic acid groups (broad SMARTS) is 4. The van der Waals surface area contributed by atoms with Gasteiger partial charge in [0.25, 0.3) is 0 Å². The number of carbonyl (C=O) groups is 4. The van der Waals surface area contributed by atoms with Gasteiger partial charge in [0.2, 0.25) is 0 Å². The van der Waals surface area contributed by atoms with Crippen molar-refractivity contribution in [2.24, 2.45) is 0 Å². The van der Waals surface area contributed by atoms with Crippen molar-refractivity contribution >= 4 is 45.4 Å². The van der Waals surface area contributed by atoms with E-state index in [0.29, 0.717) is 44.8 Å². The molecule has 0 fully saturated rings. The van der Waals surface area contributed by atoms with Crippen LogP contribution in [0.4, 0.5) is 0 Å². The average molecular weight is 434 g/mol. The average Bonchev–Trinajstić information content (AvgIpc) is 2.73. The van der Waals surface area contributed by atoms with Crippen LogP contribution in [0.1, 0.15) is 11.1 Å². The fraction of sp³-hybridized carbons (Fsp3) is 0.0833. The predicted molar refractivity (Wildman–Crippen MR) is 116 cm³/mol. The second-order valence-corrected chi connectivity index (χ2v) is 7.03. The largest absolute Gasteiger partial charge is 0.478 e. The zero-order chi connectivity index (χ0) is 23.4. The number of carboxylic acids is 4. The van der Waals surface area contributed by atoms with E-state index in [1.54, 1.807) is 48.5 Å². The molecule has 0 radical (unpaired) electrons. The molecule has 0 bridgehead atoms. The van der Waals surface area contributed by atoms with Crippen molar-refractivity contribution in [3.8, 4) is 0 Å². The van der Waals surface area contributed by atoms with Gasteiger partial charge in [0.05, 0.1) is 0 Å². The number of hydrogen-bond acceptors (Lipinski definition) is 4. The summed E-state index contributed by atoms with van der Waals surface area (Å²) in [7, 11) is 0. The van der Waals surface area contributed by atoms with Crippen LogP contribution in [0.3, 0.4) is 0 Å². The Morgan fingerprint density at radius 2 is 0.844 bits per heavy atom. The lowest BCUT2D eigenvalue weighted by Gasteiger charge is -2.17. The van der Waals surface area contributed by atoms with E-state index < -0.39 is 23.9 Å². The smallest absolute Gasteiger partial charge is 0.332 e. The van der Waals surface area contributed by atoms with Gasteiger partial charge in [0.15, 0.2) is 0 Å². The lowest BCUT2D eigenvalue weighted by molar-refractivity contribution is -0.135. The third kappa shape index (κ3) is 4.65. The molecular weight excluding hydrogens is 416 g/mol. The van der Waals surface area contributed by atoms with Crippen molar-refractivity contribution < 1.29 is 39.6 Å². The summed E-state index contributed by atoms with van der Waals surface area (Å²) in [5.74, 6) is -5.47. The normalized spacial score (nSPS) is 12.1. The maximum absolute atomic E-state index is 11.6. The SMILES string of the molecule is O=C(O)/C=C(/Cc1c2ccccc2c(C/C(=C/C(=O)O)C(=O)O)c2ccccc12)C(=O)O. The maximum atomic E-state index is 11.6. The molecule has 8 heteroatoms. The van der Waals surface area contributed by atoms with E-state index in [0.717, 1.165) is 0 Å². The molecule has 0 amide bonds. The fourth-order valence-electron chi connectivity index (χ4n) is 3.75. The summed E-state index contributed by atoms with van der Waals surface area (Å²) >= 11 is 0. The van der Waals surface area contributed by atoms with Crippen molar-refractivity contribution in [1.29, 1.82) is 0 Å². The number of fused-ring (bicyclic) bond motifs is 2. The topological polar surface area (TPSA) is 149 Å². The van der Waals surface area contributed by atoms with Gasteiger partial charge in [-0.15, -0.1) is 0 Å². The van der Waals surface area contributed by atoms with E-state index in [2.05, 4.69) is 0 Å². The van der Waals surface area contributed by atoms with Crippen molar-refractivity contribution in [2.75, 3.05) is 0 Å². The molecule has 0 saturated heterocycles. The third-order valence-electron chi connectivity index (χ3n) is 5.03. The predicted octanol–water partition coefficient (Wildman–Crippen LogP) is 3.27. The van der Waals surface area contributed by atoms with Crippen molar-refractivity contribution in [2.45, 2.75) is 12.8 Å². The fourth-order valence-corrected chi connectivity index (χ4v) is 3.75. The summed E-state index contributed by atoms with van der Waals surface area (Å²) in [6.07, 6.45) is 0.967. The van der Waals surface area contributed by atoms with Crippen LogP contribution < -0.4 is 0 Å². The highest BCUT2D eigenvalue weighted by Crippen LogP contribution is 2.35. The van der Waals surface area contributed by atoms with E-state index in [-0.39, 0.29) is 24.0 Å². The summed E-state index contributed by atoms with van der Waals surface area (Å²) in [6.45, 7) is 0. The zero-order valence-electron chi connectivity index (χ0n) is 16.6. The molecule has 4 N–H and O–H groups in total. The van der Waals surface area contributed by atoms with E-state index in [4.69, 9.17) is 10.2 Å². The molecule has 3 aromatic rings. The van der Waals surface area contributed by atoms with Gasteiger partial charge in [-0.3, -0.25) is 0 Å². The van der Waals surface area contributed by atoms with E-state index in [1.165, 1.54) is 0 Å². The first kappa shape index (κ1) is 22.2. The maximum Gasteiger partial charge on any atom is 0.332 e. The summed E-state index contributed by atoms with van der Waals surface area (Å²) in [4.78, 5) is 45.5. The van der Waals surface area contributed by atoms with E-state index >= 15 is 0 Å². The molecule has 0 aliphatic carbocycles. The molecule has 162 valence electrons. The Hall–Kier alpha value is -4.46. The lowest BCUT2D eigenvalue weighted by atomic mass is 9.86. The summed E-state index contributed by atoms with van der Waals surface area (Å²) in [5, 5.41) is 39.6. The van der Waals surface area contributed by atoms with Gasteiger partial charge in [0.1, 0.15) is 0 Å². The first-order chi connectivity index (χ1) is 15.2. The first-order valence-electron chi connectivity index (χ1n) is 9.43. The highest BCUT2D eigenvalue weighted by molar-refractivity contribution is 6.08. The van der Waals surface area contributed by atoms with Gasteiger partial charge in [-0.1, -0.05) is 48.5 Å². The minimum Gasteiger partial charge on any atom is -0.478 e. The molecule has 8 nitrogen and oxygen atoms in total. The van der Waals surface area contributed by atoms with Gasteiger partial charge < -0.3 is 20.4 Å². The molecule has 3 rings (SSSR count). The van der Waals surface area contributed by atoms with Gasteiger partial charge >= 0.3 is 23.9 Å². The van der Waals surface area contributed by atoms with Crippen LogP contribution in [0.2, 0.25) is 0 Å². The Kier molecular flexibility index (Phi) is 6.34. The molecule has 3 aromatic carbocycles. The molecule has 0 atom stereocenters. The van der Waals surface area contributed by atoms with Crippen molar-refractivity contribution in [1.82, 2.24) is 0 Å². The van der Waals surface area contributed by atoms with Crippen molar-refractivity contribution in [3.63, 3.8) is 0 Å². The third-order valence-corrected chi connectivity index (χ3v) is 5.03. The molecule has 0 aliphatic heterocycles. The zero-order valence-corrected chi connectivity index (χ0v) is 16.6. The highest BCUT2D eigenvalue weighted by Gasteiger charge is 2.20. The molecule has 0 heterocycles. The molecular formula is C24H18O8. The summed E-state index contributed by atoms with van der Waals surface area (Å²) in [5.41, 5.74) is 0.540. The van der Waals surface area contributed by atoms with Crippen molar-refractivity contribution in [3.05, 3.63) is 83.0 Å². The van der Waals surface area contributed by atoms with Gasteiger partial charge in [-0.05, 0) is 32.7 Å². The quantitative estimate of drug-likeness (QED) is 0.312. The monoisotopic (exact) mass is 434 g/mol. The minimum atomic E-state index is -1.38. The second-order valence-electron chi connectivity index (χ2n) is 7.03. The minimum absolute atomic E-state index is 0.167. The second kappa shape index (κ2) is 9.13. The molecule has 0 spiro atoms. The van der Waals surface area contributed by atoms with E-state index in [1.807, 2.05) is 0 Å². The Balaban J connectivity index is 2.34. The molecule has 0 unspecified atom stereocenters. The standard InChI is InChI=1S/C24H18O8/c25-21(26)11-13(23(29)30)9-19-15-5-1-2-6-16(15)20(18-8-4-3-7-17(18)19)10-14(24(31)32)12-22(27)28/h1-8,11-12H,9-10H2,(H,25,26)(H,27,28)(H,29,30)(H,31,32)/b13-11-,14-12-. The van der Waals surface area contributed by atoms with Crippen LogP contribution in [0.5, 0.6) is 0 Å². The van der Waals surface area contributed by atoms with Crippen LogP contribution in [0.15, 0.2) is 71.8 Å². The highest BCUT2D eigenvalue weighted by atomic mass is 16.4. The van der Waals surface area contributed by atoms with Crippen LogP contribution in [-0.2, 0) is 32.0 Å². The van der Waals surface area contributed by atoms with Crippen LogP contribution >= 0.6 is 0 Å². The van der Waals surface area contributed by atoms with Crippen LogP contribution in [0.25, 0.3) is 21.5 Å². The molecule has 0 saturated carbocycles. The Labute approximate surface area is 181 Å².